The molecule has 8 nitrogen and oxygen atoms in total. The van der Waals surface area contributed by atoms with E-state index in [0.29, 0.717) is 16.9 Å². The molecule has 1 amide bonds. The second kappa shape index (κ2) is 9.23. The van der Waals surface area contributed by atoms with Crippen LogP contribution in [0.2, 0.25) is 0 Å². The molecule has 4 heterocycles. The summed E-state index contributed by atoms with van der Waals surface area (Å²) in [6.07, 6.45) is 2.09. The van der Waals surface area contributed by atoms with Gasteiger partial charge in [0.05, 0.1) is 29.1 Å². The summed E-state index contributed by atoms with van der Waals surface area (Å²) in [5.41, 5.74) is 3.77. The van der Waals surface area contributed by atoms with Crippen molar-refractivity contribution in [2.75, 3.05) is 0 Å². The van der Waals surface area contributed by atoms with E-state index in [1.165, 1.54) is 16.1 Å². The van der Waals surface area contributed by atoms with Crippen molar-refractivity contribution in [3.05, 3.63) is 83.4 Å². The highest BCUT2D eigenvalue weighted by Gasteiger charge is 2.39. The van der Waals surface area contributed by atoms with Crippen LogP contribution in [0.1, 0.15) is 18.9 Å². The number of rotatable bonds is 6. The number of pyridine rings is 2. The van der Waals surface area contributed by atoms with Crippen LogP contribution in [-0.4, -0.2) is 41.6 Å². The molecule has 0 aliphatic heterocycles. The van der Waals surface area contributed by atoms with Crippen LogP contribution in [0.15, 0.2) is 72.2 Å². The summed E-state index contributed by atoms with van der Waals surface area (Å²) >= 11 is 0. The molecule has 5 rings (SSSR count). The van der Waals surface area contributed by atoms with Crippen LogP contribution >= 0.6 is 0 Å². The highest BCUT2D eigenvalue weighted by atomic mass is 19.4. The normalized spacial score (nSPS) is 12.8. The van der Waals surface area contributed by atoms with Crippen molar-refractivity contribution in [3.8, 4) is 16.9 Å². The lowest BCUT2D eigenvalue weighted by atomic mass is 10.1. The minimum atomic E-state index is -4.58. The number of nitrogens with zero attached hydrogens (tertiary/aromatic N) is 5. The maximum Gasteiger partial charge on any atom is 0.408 e. The average Bonchev–Trinajstić information content (AvgIpc) is 3.46. The van der Waals surface area contributed by atoms with Crippen LogP contribution in [-0.2, 0) is 11.3 Å². The third-order valence-electron chi connectivity index (χ3n) is 6.33. The topological polar surface area (TPSA) is 86.2 Å². The van der Waals surface area contributed by atoms with Crippen molar-refractivity contribution >= 4 is 22.5 Å². The maximum atomic E-state index is 13.5. The number of fused-ring (bicyclic) bond motifs is 2. The summed E-state index contributed by atoms with van der Waals surface area (Å²) in [5, 5.41) is 1.99. The number of halogens is 3. The third-order valence-corrected chi connectivity index (χ3v) is 6.33. The number of benzene rings is 1. The van der Waals surface area contributed by atoms with E-state index in [4.69, 9.17) is 0 Å². The van der Waals surface area contributed by atoms with Crippen molar-refractivity contribution < 1.29 is 18.0 Å². The van der Waals surface area contributed by atoms with E-state index in [9.17, 15) is 22.8 Å². The van der Waals surface area contributed by atoms with Gasteiger partial charge in [0, 0.05) is 23.5 Å². The fourth-order valence-corrected chi connectivity index (χ4v) is 4.51. The number of imidazole rings is 2. The Balaban J connectivity index is 1.55. The number of hydrogen-bond donors (Lipinski definition) is 1. The van der Waals surface area contributed by atoms with Crippen LogP contribution in [0.25, 0.3) is 33.5 Å². The molecule has 0 spiro atoms. The summed E-state index contributed by atoms with van der Waals surface area (Å²) in [4.78, 5) is 34.7. The average molecular weight is 509 g/mol. The lowest BCUT2D eigenvalue weighted by Gasteiger charge is -2.20. The van der Waals surface area contributed by atoms with Crippen molar-refractivity contribution in [2.45, 2.75) is 39.0 Å². The Morgan fingerprint density at radius 1 is 1.08 bits per heavy atom. The fourth-order valence-electron chi connectivity index (χ4n) is 4.51. The zero-order chi connectivity index (χ0) is 26.3. The van der Waals surface area contributed by atoms with E-state index in [2.05, 4.69) is 9.97 Å². The second-order valence-corrected chi connectivity index (χ2v) is 8.73. The van der Waals surface area contributed by atoms with Crippen molar-refractivity contribution in [1.29, 1.82) is 0 Å². The van der Waals surface area contributed by atoms with Gasteiger partial charge in [-0.05, 0) is 43.2 Å². The van der Waals surface area contributed by atoms with E-state index < -0.39 is 30.4 Å². The molecular weight excluding hydrogens is 485 g/mol. The van der Waals surface area contributed by atoms with Crippen molar-refractivity contribution in [3.63, 3.8) is 0 Å². The van der Waals surface area contributed by atoms with Gasteiger partial charge < -0.3 is 9.72 Å². The summed E-state index contributed by atoms with van der Waals surface area (Å²) in [7, 11) is 0. The number of hydrogen-bond acceptors (Lipinski definition) is 4. The van der Waals surface area contributed by atoms with Gasteiger partial charge in [-0.1, -0.05) is 25.1 Å². The molecule has 0 radical (unpaired) electrons. The van der Waals surface area contributed by atoms with Gasteiger partial charge in [0.1, 0.15) is 18.4 Å². The number of para-hydroxylation sites is 1. The van der Waals surface area contributed by atoms with Gasteiger partial charge in [-0.15, -0.1) is 0 Å². The standard InChI is InChI=1S/C26H23F3N6O2/c1-3-21(26(27,28)29)32-23(36)14-34-19-8-4-6-16(2)24(19)35(25(34)37)22-10-9-17(12-31-22)18-7-5-11-33-15-30-13-20(18)33/h4-13,15,21H,3,14H2,1-2H3,(H,32,36)/t21-/m0/s1. The Hall–Kier alpha value is -4.41. The number of aryl methyl sites for hydroxylation is 1. The summed E-state index contributed by atoms with van der Waals surface area (Å²) in [5.74, 6) is -0.571. The van der Waals surface area contributed by atoms with Crippen molar-refractivity contribution in [1.82, 2.24) is 28.8 Å². The fraction of sp³-hybridized carbons (Fsp3) is 0.231. The monoisotopic (exact) mass is 508 g/mol. The molecule has 0 fully saturated rings. The Morgan fingerprint density at radius 3 is 2.59 bits per heavy atom. The lowest BCUT2D eigenvalue weighted by Crippen LogP contribution is -2.46. The zero-order valence-corrected chi connectivity index (χ0v) is 20.0. The number of carbonyl (C=O) groups excluding carboxylic acids is 1. The molecule has 1 N–H and O–H groups in total. The molecular formula is C26H23F3N6O2. The van der Waals surface area contributed by atoms with Crippen LogP contribution < -0.4 is 11.0 Å². The van der Waals surface area contributed by atoms with E-state index in [1.807, 2.05) is 47.1 Å². The van der Waals surface area contributed by atoms with Gasteiger partial charge in [-0.25, -0.2) is 19.3 Å². The van der Waals surface area contributed by atoms with Gasteiger partial charge in [-0.3, -0.25) is 9.36 Å². The molecule has 1 aromatic carbocycles. The van der Waals surface area contributed by atoms with E-state index in [-0.39, 0.29) is 6.42 Å². The lowest BCUT2D eigenvalue weighted by molar-refractivity contribution is -0.162. The quantitative estimate of drug-likeness (QED) is 0.371. The van der Waals surface area contributed by atoms with E-state index in [1.54, 1.807) is 36.9 Å². The molecule has 0 bridgehead atoms. The molecule has 0 saturated heterocycles. The molecule has 190 valence electrons. The number of amides is 1. The molecule has 1 atom stereocenters. The largest absolute Gasteiger partial charge is 0.408 e. The van der Waals surface area contributed by atoms with Gasteiger partial charge in [-0.2, -0.15) is 13.2 Å². The van der Waals surface area contributed by atoms with E-state index in [0.717, 1.165) is 22.2 Å². The summed E-state index contributed by atoms with van der Waals surface area (Å²) < 4.78 is 43.9. The zero-order valence-electron chi connectivity index (χ0n) is 20.0. The molecule has 0 aliphatic rings. The maximum absolute atomic E-state index is 13.5. The summed E-state index contributed by atoms with van der Waals surface area (Å²) in [6.45, 7) is 2.59. The van der Waals surface area contributed by atoms with Crippen LogP contribution in [0.5, 0.6) is 0 Å². The molecule has 37 heavy (non-hydrogen) atoms. The second-order valence-electron chi connectivity index (χ2n) is 8.73. The van der Waals surface area contributed by atoms with Gasteiger partial charge in [0.2, 0.25) is 5.91 Å². The number of carbonyl (C=O) groups is 1. The number of aromatic nitrogens is 5. The Morgan fingerprint density at radius 2 is 1.89 bits per heavy atom. The van der Waals surface area contributed by atoms with Crippen molar-refractivity contribution in [2.24, 2.45) is 0 Å². The predicted octanol–water partition coefficient (Wildman–Crippen LogP) is 4.27. The smallest absolute Gasteiger partial charge is 0.343 e. The minimum absolute atomic E-state index is 0.311. The molecule has 5 aromatic rings. The first-order valence-corrected chi connectivity index (χ1v) is 11.6. The first-order chi connectivity index (χ1) is 17.7. The van der Waals surface area contributed by atoms with Crippen LogP contribution in [0.3, 0.4) is 0 Å². The van der Waals surface area contributed by atoms with Crippen LogP contribution in [0, 0.1) is 6.92 Å². The van der Waals surface area contributed by atoms with Gasteiger partial charge >= 0.3 is 11.9 Å². The SMILES string of the molecule is CC[C@H](NC(=O)Cn1c(=O)n(-c2ccc(-c3cccn4cncc34)cn2)c2c(C)cccc21)C(F)(F)F. The number of nitrogens with one attached hydrogen (secondary N) is 1. The summed E-state index contributed by atoms with van der Waals surface area (Å²) in [6, 6.07) is 10.6. The molecule has 4 aromatic heterocycles. The first-order valence-electron chi connectivity index (χ1n) is 11.6. The van der Waals surface area contributed by atoms with Gasteiger partial charge in [0.15, 0.2) is 0 Å². The predicted molar refractivity (Wildman–Crippen MR) is 133 cm³/mol. The highest BCUT2D eigenvalue weighted by Crippen LogP contribution is 2.26. The molecule has 0 saturated carbocycles. The molecule has 11 heteroatoms. The molecule has 0 unspecified atom stereocenters. The first kappa shape index (κ1) is 24.3. The Bertz CT molecular complexity index is 1660. The van der Waals surface area contributed by atoms with Crippen LogP contribution in [0.4, 0.5) is 13.2 Å². The molecule has 0 aliphatic carbocycles. The minimum Gasteiger partial charge on any atom is -0.343 e. The highest BCUT2D eigenvalue weighted by molar-refractivity contribution is 5.84. The van der Waals surface area contributed by atoms with Gasteiger partial charge in [0.25, 0.3) is 0 Å². The Labute approximate surface area is 209 Å². The number of alkyl halides is 3. The Kier molecular flexibility index (Phi) is 6.06. The van der Waals surface area contributed by atoms with E-state index >= 15 is 0 Å². The third kappa shape index (κ3) is 4.37.